The molecule has 1 heteroatoms. The summed E-state index contributed by atoms with van der Waals surface area (Å²) in [5.74, 6) is 1.82. The molecule has 0 fully saturated rings. The van der Waals surface area contributed by atoms with Crippen LogP contribution in [0, 0.1) is 0 Å². The third kappa shape index (κ3) is 4.78. The van der Waals surface area contributed by atoms with Crippen LogP contribution in [0.1, 0.15) is 38.2 Å². The lowest BCUT2D eigenvalue weighted by molar-refractivity contribution is 0.482. The Balaban J connectivity index is 1.91. The highest BCUT2D eigenvalue weighted by Gasteiger charge is 1.99. The van der Waals surface area contributed by atoms with Crippen LogP contribution in [0.2, 0.25) is 0 Å². The van der Waals surface area contributed by atoms with Gasteiger partial charge in [0.05, 0.1) is 0 Å². The average Bonchev–Trinajstić information content (AvgIpc) is 2.45. The lowest BCUT2D eigenvalue weighted by Crippen LogP contribution is -1.88. The van der Waals surface area contributed by atoms with E-state index in [1.165, 1.54) is 31.2 Å². The van der Waals surface area contributed by atoms with Crippen molar-refractivity contribution in [3.05, 3.63) is 60.2 Å². The van der Waals surface area contributed by atoms with Crippen LogP contribution >= 0.6 is 0 Å². The zero-order valence-corrected chi connectivity index (χ0v) is 11.6. The lowest BCUT2D eigenvalue weighted by Gasteiger charge is -2.07. The Hall–Kier alpha value is -1.76. The summed E-state index contributed by atoms with van der Waals surface area (Å²) in [7, 11) is 0. The van der Waals surface area contributed by atoms with Gasteiger partial charge in [0.15, 0.2) is 0 Å². The zero-order valence-electron chi connectivity index (χ0n) is 11.6. The Morgan fingerprint density at radius 1 is 0.789 bits per heavy atom. The van der Waals surface area contributed by atoms with Crippen molar-refractivity contribution >= 4 is 0 Å². The average molecular weight is 254 g/mol. The molecule has 0 N–H and O–H groups in total. The molecule has 0 unspecified atom stereocenters. The van der Waals surface area contributed by atoms with E-state index < -0.39 is 0 Å². The SMILES string of the molecule is CCCCCCc1cccc(Oc2ccccc2)c1. The maximum absolute atomic E-state index is 5.85. The Labute approximate surface area is 116 Å². The fourth-order valence-corrected chi connectivity index (χ4v) is 2.15. The van der Waals surface area contributed by atoms with E-state index in [0.29, 0.717) is 0 Å². The van der Waals surface area contributed by atoms with Gasteiger partial charge in [-0.2, -0.15) is 0 Å². The first kappa shape index (κ1) is 13.7. The maximum Gasteiger partial charge on any atom is 0.127 e. The summed E-state index contributed by atoms with van der Waals surface area (Å²) in [5, 5.41) is 0. The fourth-order valence-electron chi connectivity index (χ4n) is 2.15. The van der Waals surface area contributed by atoms with E-state index >= 15 is 0 Å². The van der Waals surface area contributed by atoms with Gasteiger partial charge in [-0.3, -0.25) is 0 Å². The molecule has 0 heterocycles. The van der Waals surface area contributed by atoms with Gasteiger partial charge in [0.1, 0.15) is 11.5 Å². The molecule has 0 atom stereocenters. The van der Waals surface area contributed by atoms with Crippen molar-refractivity contribution in [1.82, 2.24) is 0 Å². The fraction of sp³-hybridized carbons (Fsp3) is 0.333. The van der Waals surface area contributed by atoms with Gasteiger partial charge in [-0.25, -0.2) is 0 Å². The molecule has 0 spiro atoms. The highest BCUT2D eigenvalue weighted by atomic mass is 16.5. The number of hydrogen-bond donors (Lipinski definition) is 0. The molecule has 0 bridgehead atoms. The van der Waals surface area contributed by atoms with Gasteiger partial charge < -0.3 is 4.74 Å². The Morgan fingerprint density at radius 3 is 2.37 bits per heavy atom. The summed E-state index contributed by atoms with van der Waals surface area (Å²) in [6, 6.07) is 18.4. The smallest absolute Gasteiger partial charge is 0.127 e. The highest BCUT2D eigenvalue weighted by Crippen LogP contribution is 2.22. The van der Waals surface area contributed by atoms with Crippen molar-refractivity contribution in [2.24, 2.45) is 0 Å². The number of para-hydroxylation sites is 1. The second-order valence-electron chi connectivity index (χ2n) is 4.87. The number of ether oxygens (including phenoxy) is 1. The molecule has 0 saturated heterocycles. The molecule has 0 aromatic heterocycles. The minimum Gasteiger partial charge on any atom is -0.457 e. The van der Waals surface area contributed by atoms with E-state index in [9.17, 15) is 0 Å². The van der Waals surface area contributed by atoms with Crippen molar-refractivity contribution in [3.8, 4) is 11.5 Å². The predicted octanol–water partition coefficient (Wildman–Crippen LogP) is 5.60. The van der Waals surface area contributed by atoms with E-state index in [2.05, 4.69) is 25.1 Å². The highest BCUT2D eigenvalue weighted by molar-refractivity contribution is 5.33. The summed E-state index contributed by atoms with van der Waals surface area (Å²) in [6.45, 7) is 2.24. The minimum absolute atomic E-state index is 0.894. The second-order valence-corrected chi connectivity index (χ2v) is 4.87. The largest absolute Gasteiger partial charge is 0.457 e. The molecule has 2 rings (SSSR count). The van der Waals surface area contributed by atoms with Gasteiger partial charge in [0, 0.05) is 0 Å². The molecule has 100 valence electrons. The molecule has 0 aliphatic carbocycles. The zero-order chi connectivity index (χ0) is 13.3. The van der Waals surface area contributed by atoms with Crippen molar-refractivity contribution < 1.29 is 4.74 Å². The summed E-state index contributed by atoms with van der Waals surface area (Å²) in [6.07, 6.45) is 6.35. The van der Waals surface area contributed by atoms with E-state index in [1.807, 2.05) is 36.4 Å². The molecule has 0 radical (unpaired) electrons. The number of benzene rings is 2. The third-order valence-electron chi connectivity index (χ3n) is 3.20. The van der Waals surface area contributed by atoms with Crippen LogP contribution in [0.25, 0.3) is 0 Å². The minimum atomic E-state index is 0.894. The first-order chi connectivity index (χ1) is 9.38. The predicted molar refractivity (Wildman–Crippen MR) is 80.8 cm³/mol. The number of hydrogen-bond acceptors (Lipinski definition) is 1. The maximum atomic E-state index is 5.85. The summed E-state index contributed by atoms with van der Waals surface area (Å²) in [5.41, 5.74) is 1.37. The van der Waals surface area contributed by atoms with Gasteiger partial charge in [0.2, 0.25) is 0 Å². The first-order valence-corrected chi connectivity index (χ1v) is 7.20. The molecule has 2 aromatic carbocycles. The number of rotatable bonds is 7. The lowest BCUT2D eigenvalue weighted by atomic mass is 10.1. The molecule has 1 nitrogen and oxygen atoms in total. The van der Waals surface area contributed by atoms with E-state index in [-0.39, 0.29) is 0 Å². The Kier molecular flexibility index (Phi) is 5.49. The van der Waals surface area contributed by atoms with Gasteiger partial charge in [0.25, 0.3) is 0 Å². The van der Waals surface area contributed by atoms with Crippen molar-refractivity contribution in [2.45, 2.75) is 39.0 Å². The summed E-state index contributed by atoms with van der Waals surface area (Å²) < 4.78 is 5.85. The van der Waals surface area contributed by atoms with Gasteiger partial charge in [-0.1, -0.05) is 56.5 Å². The molecule has 0 saturated carbocycles. The normalized spacial score (nSPS) is 10.4. The van der Waals surface area contributed by atoms with Gasteiger partial charge >= 0.3 is 0 Å². The first-order valence-electron chi connectivity index (χ1n) is 7.20. The Bertz CT molecular complexity index is 476. The van der Waals surface area contributed by atoms with Crippen LogP contribution in [0.4, 0.5) is 0 Å². The topological polar surface area (TPSA) is 9.23 Å². The van der Waals surface area contributed by atoms with Crippen LogP contribution in [-0.4, -0.2) is 0 Å². The molecule has 19 heavy (non-hydrogen) atoms. The van der Waals surface area contributed by atoms with Crippen LogP contribution in [0.3, 0.4) is 0 Å². The third-order valence-corrected chi connectivity index (χ3v) is 3.20. The van der Waals surface area contributed by atoms with Crippen LogP contribution in [-0.2, 0) is 6.42 Å². The second kappa shape index (κ2) is 7.63. The monoisotopic (exact) mass is 254 g/mol. The Morgan fingerprint density at radius 2 is 1.58 bits per heavy atom. The van der Waals surface area contributed by atoms with Crippen LogP contribution in [0.5, 0.6) is 11.5 Å². The molecular weight excluding hydrogens is 232 g/mol. The number of aryl methyl sites for hydroxylation is 1. The molecule has 0 amide bonds. The molecule has 0 aliphatic heterocycles. The van der Waals surface area contributed by atoms with Crippen molar-refractivity contribution in [3.63, 3.8) is 0 Å². The molecular formula is C18H22O. The summed E-state index contributed by atoms with van der Waals surface area (Å²) >= 11 is 0. The van der Waals surface area contributed by atoms with Crippen molar-refractivity contribution in [2.75, 3.05) is 0 Å². The van der Waals surface area contributed by atoms with Crippen LogP contribution in [0.15, 0.2) is 54.6 Å². The summed E-state index contributed by atoms with van der Waals surface area (Å²) in [4.78, 5) is 0. The van der Waals surface area contributed by atoms with E-state index in [1.54, 1.807) is 0 Å². The van der Waals surface area contributed by atoms with Gasteiger partial charge in [-0.05, 0) is 42.7 Å². The molecule has 0 aliphatic rings. The molecule has 2 aromatic rings. The number of unbranched alkanes of at least 4 members (excludes halogenated alkanes) is 3. The quantitative estimate of drug-likeness (QED) is 0.584. The van der Waals surface area contributed by atoms with E-state index in [0.717, 1.165) is 17.9 Å². The standard InChI is InChI=1S/C18H22O/c1-2-3-4-6-10-16-11-9-14-18(15-16)19-17-12-7-5-8-13-17/h5,7-9,11-15H,2-4,6,10H2,1H3. The van der Waals surface area contributed by atoms with Crippen LogP contribution < -0.4 is 4.74 Å². The van der Waals surface area contributed by atoms with Crippen molar-refractivity contribution in [1.29, 1.82) is 0 Å². The van der Waals surface area contributed by atoms with Gasteiger partial charge in [-0.15, -0.1) is 0 Å². The van der Waals surface area contributed by atoms with E-state index in [4.69, 9.17) is 4.74 Å².